The molecule has 0 bridgehead atoms. The van der Waals surface area contributed by atoms with Crippen molar-refractivity contribution in [3.8, 4) is 11.1 Å². The van der Waals surface area contributed by atoms with Crippen molar-refractivity contribution in [2.75, 3.05) is 18.5 Å². The normalized spacial score (nSPS) is 12.7. The number of benzene rings is 1. The molecule has 7 heteroatoms. The fourth-order valence-electron chi connectivity index (χ4n) is 2.37. The molecule has 0 aliphatic heterocycles. The minimum absolute atomic E-state index is 0.124. The zero-order valence-corrected chi connectivity index (χ0v) is 13.5. The van der Waals surface area contributed by atoms with Gasteiger partial charge in [-0.2, -0.15) is 5.10 Å². The number of aliphatic hydroxyl groups excluding tert-OH is 1. The van der Waals surface area contributed by atoms with Crippen LogP contribution in [-0.2, 0) is 0 Å². The number of hydrogen-bond acceptors (Lipinski definition) is 3. The number of fused-ring (bicyclic) bond motifs is 1. The minimum Gasteiger partial charge on any atom is -0.396 e. The molecule has 0 fully saturated rings. The van der Waals surface area contributed by atoms with Crippen LogP contribution in [0.1, 0.15) is 6.92 Å². The molecular formula is C15H16Cl2N4O. The molecule has 0 spiro atoms. The van der Waals surface area contributed by atoms with Gasteiger partial charge in [0.05, 0.1) is 21.8 Å². The minimum atomic E-state index is 0.124. The van der Waals surface area contributed by atoms with Gasteiger partial charge in [0.2, 0.25) is 0 Å². The van der Waals surface area contributed by atoms with E-state index in [1.807, 2.05) is 25.4 Å². The first-order valence-electron chi connectivity index (χ1n) is 6.94. The molecular weight excluding hydrogens is 323 g/mol. The zero-order chi connectivity index (χ0) is 15.7. The number of nitrogens with one attached hydrogen (secondary N) is 3. The Morgan fingerprint density at radius 3 is 2.86 bits per heavy atom. The summed E-state index contributed by atoms with van der Waals surface area (Å²) in [6.45, 7) is 2.73. The predicted octanol–water partition coefficient (Wildman–Crippen LogP) is 3.91. The lowest BCUT2D eigenvalue weighted by Crippen LogP contribution is -2.14. The van der Waals surface area contributed by atoms with Crippen molar-refractivity contribution < 1.29 is 5.11 Å². The Labute approximate surface area is 137 Å². The van der Waals surface area contributed by atoms with Crippen molar-refractivity contribution in [2.45, 2.75) is 6.92 Å². The molecule has 1 aromatic carbocycles. The van der Waals surface area contributed by atoms with Crippen molar-refractivity contribution in [1.82, 2.24) is 15.2 Å². The summed E-state index contributed by atoms with van der Waals surface area (Å²) in [5, 5.41) is 21.3. The number of H-pyrrole nitrogens is 2. The highest BCUT2D eigenvalue weighted by Crippen LogP contribution is 2.40. The highest BCUT2D eigenvalue weighted by atomic mass is 35.5. The lowest BCUT2D eigenvalue weighted by molar-refractivity contribution is 0.244. The van der Waals surface area contributed by atoms with Gasteiger partial charge >= 0.3 is 0 Å². The third kappa shape index (κ3) is 2.67. The third-order valence-electron chi connectivity index (χ3n) is 3.61. The summed E-state index contributed by atoms with van der Waals surface area (Å²) in [4.78, 5) is 3.18. The van der Waals surface area contributed by atoms with E-state index in [0.717, 1.165) is 27.7 Å². The van der Waals surface area contributed by atoms with Crippen molar-refractivity contribution in [2.24, 2.45) is 5.92 Å². The van der Waals surface area contributed by atoms with E-state index in [2.05, 4.69) is 20.5 Å². The average Bonchev–Trinajstić information content (AvgIpc) is 3.17. The van der Waals surface area contributed by atoms with Crippen LogP contribution in [0.4, 0.5) is 5.69 Å². The number of rotatable bonds is 5. The molecule has 0 aliphatic rings. The molecule has 1 atom stereocenters. The maximum atomic E-state index is 9.18. The van der Waals surface area contributed by atoms with Crippen molar-refractivity contribution in [1.29, 1.82) is 0 Å². The van der Waals surface area contributed by atoms with E-state index < -0.39 is 0 Å². The first-order chi connectivity index (χ1) is 10.6. The summed E-state index contributed by atoms with van der Waals surface area (Å²) in [6, 6.07) is 1.81. The summed E-state index contributed by atoms with van der Waals surface area (Å²) in [7, 11) is 0. The predicted molar refractivity (Wildman–Crippen MR) is 90.6 cm³/mol. The highest BCUT2D eigenvalue weighted by Gasteiger charge is 2.17. The molecule has 0 saturated carbocycles. The Morgan fingerprint density at radius 1 is 1.36 bits per heavy atom. The molecule has 22 heavy (non-hydrogen) atoms. The number of aromatic nitrogens is 3. The van der Waals surface area contributed by atoms with Crippen molar-refractivity contribution >= 4 is 39.8 Å². The summed E-state index contributed by atoms with van der Waals surface area (Å²) in [5.41, 5.74) is 3.61. The molecule has 4 N–H and O–H groups in total. The number of hydrogen-bond donors (Lipinski definition) is 4. The number of aromatic amines is 2. The van der Waals surface area contributed by atoms with E-state index in [4.69, 9.17) is 23.2 Å². The fourth-order valence-corrected chi connectivity index (χ4v) is 2.78. The first kappa shape index (κ1) is 15.2. The van der Waals surface area contributed by atoms with Gasteiger partial charge in [0, 0.05) is 47.7 Å². The van der Waals surface area contributed by atoms with E-state index >= 15 is 0 Å². The second kappa shape index (κ2) is 6.20. The van der Waals surface area contributed by atoms with Gasteiger partial charge in [-0.25, -0.2) is 0 Å². The van der Waals surface area contributed by atoms with Crippen molar-refractivity contribution in [3.63, 3.8) is 0 Å². The summed E-state index contributed by atoms with van der Waals surface area (Å²) < 4.78 is 0. The molecule has 0 amide bonds. The standard InChI is InChI=1S/C15H16Cl2N4O/c1-8(7-22)3-18-12-2-11(16)14(17)15-13(12)10(6-19-15)9-4-20-21-5-9/h2,4-6,8,18-19,22H,3,7H2,1H3,(H,20,21). The summed E-state index contributed by atoms with van der Waals surface area (Å²) in [5.74, 6) is 0.140. The van der Waals surface area contributed by atoms with Crippen LogP contribution in [0.3, 0.4) is 0 Å². The Balaban J connectivity index is 2.13. The Kier molecular flexibility index (Phi) is 4.29. The van der Waals surface area contributed by atoms with Gasteiger partial charge in [-0.1, -0.05) is 30.1 Å². The number of nitrogens with zero attached hydrogens (tertiary/aromatic N) is 1. The highest BCUT2D eigenvalue weighted by molar-refractivity contribution is 6.46. The molecule has 1 unspecified atom stereocenters. The molecule has 2 heterocycles. The van der Waals surface area contributed by atoms with Crippen LogP contribution in [0.5, 0.6) is 0 Å². The van der Waals surface area contributed by atoms with Crippen LogP contribution in [0.2, 0.25) is 10.0 Å². The molecule has 3 rings (SSSR count). The maximum Gasteiger partial charge on any atom is 0.0834 e. The van der Waals surface area contributed by atoms with Gasteiger partial charge in [-0.3, -0.25) is 5.10 Å². The fraction of sp³-hybridized carbons (Fsp3) is 0.267. The SMILES string of the molecule is CC(CO)CNc1cc(Cl)c(Cl)c2[nH]cc(-c3cn[nH]c3)c12. The van der Waals surface area contributed by atoms with Crippen LogP contribution in [0.15, 0.2) is 24.7 Å². The van der Waals surface area contributed by atoms with Gasteiger partial charge in [0.1, 0.15) is 0 Å². The largest absolute Gasteiger partial charge is 0.396 e. The molecule has 2 aromatic heterocycles. The lowest BCUT2D eigenvalue weighted by Gasteiger charge is -2.14. The molecule has 0 radical (unpaired) electrons. The molecule has 5 nitrogen and oxygen atoms in total. The van der Waals surface area contributed by atoms with Crippen LogP contribution < -0.4 is 5.32 Å². The van der Waals surface area contributed by atoms with E-state index in [1.165, 1.54) is 0 Å². The van der Waals surface area contributed by atoms with E-state index in [-0.39, 0.29) is 12.5 Å². The average molecular weight is 339 g/mol. The first-order valence-corrected chi connectivity index (χ1v) is 7.70. The lowest BCUT2D eigenvalue weighted by atomic mass is 10.1. The van der Waals surface area contributed by atoms with Crippen molar-refractivity contribution in [3.05, 3.63) is 34.7 Å². The quantitative estimate of drug-likeness (QED) is 0.569. The van der Waals surface area contributed by atoms with Crippen LogP contribution in [0.25, 0.3) is 22.0 Å². The summed E-state index contributed by atoms with van der Waals surface area (Å²) in [6.07, 6.45) is 5.47. The van der Waals surface area contributed by atoms with E-state index in [1.54, 1.807) is 6.20 Å². The topological polar surface area (TPSA) is 76.7 Å². The number of anilines is 1. The molecule has 3 aromatic rings. The van der Waals surface area contributed by atoms with Crippen LogP contribution in [0, 0.1) is 5.92 Å². The van der Waals surface area contributed by atoms with Gasteiger partial charge in [0.15, 0.2) is 0 Å². The van der Waals surface area contributed by atoms with Gasteiger partial charge < -0.3 is 15.4 Å². The smallest absolute Gasteiger partial charge is 0.0834 e. The summed E-state index contributed by atoms with van der Waals surface area (Å²) >= 11 is 12.5. The second-order valence-electron chi connectivity index (χ2n) is 5.33. The second-order valence-corrected chi connectivity index (χ2v) is 6.11. The van der Waals surface area contributed by atoms with Gasteiger partial charge in [-0.05, 0) is 12.0 Å². The Hall–Kier alpha value is -1.69. The number of aliphatic hydroxyl groups is 1. The van der Waals surface area contributed by atoms with Crippen LogP contribution in [-0.4, -0.2) is 33.4 Å². The molecule has 0 saturated heterocycles. The van der Waals surface area contributed by atoms with E-state index in [9.17, 15) is 5.11 Å². The number of halogens is 2. The zero-order valence-electron chi connectivity index (χ0n) is 12.0. The Bertz CT molecular complexity index is 783. The van der Waals surface area contributed by atoms with E-state index in [0.29, 0.717) is 16.6 Å². The monoisotopic (exact) mass is 338 g/mol. The molecule has 0 aliphatic carbocycles. The third-order valence-corrected chi connectivity index (χ3v) is 4.40. The van der Waals surface area contributed by atoms with Crippen LogP contribution >= 0.6 is 23.2 Å². The molecule has 116 valence electrons. The Morgan fingerprint density at radius 2 is 2.18 bits per heavy atom. The van der Waals surface area contributed by atoms with Gasteiger partial charge in [-0.15, -0.1) is 0 Å². The van der Waals surface area contributed by atoms with Gasteiger partial charge in [0.25, 0.3) is 0 Å². The maximum absolute atomic E-state index is 9.18.